The van der Waals surface area contributed by atoms with E-state index in [-0.39, 0.29) is 0 Å². The lowest BCUT2D eigenvalue weighted by atomic mass is 9.87. The standard InChI is InChI=1S/C16H25IN2/c1-12(2)13(3)8-14-9-18-11-19(10-14)16-6-4-15(17)5-7-16/h4-7,12-14,18H,8-11H2,1-3H3. The smallest absolute Gasteiger partial charge is 0.0682 e. The van der Waals surface area contributed by atoms with Gasteiger partial charge in [-0.05, 0) is 71.0 Å². The molecule has 1 heterocycles. The van der Waals surface area contributed by atoms with Crippen molar-refractivity contribution in [2.45, 2.75) is 27.2 Å². The molecule has 2 atom stereocenters. The maximum absolute atomic E-state index is 3.57. The Morgan fingerprint density at radius 3 is 2.58 bits per heavy atom. The van der Waals surface area contributed by atoms with Gasteiger partial charge < -0.3 is 4.90 Å². The summed E-state index contributed by atoms with van der Waals surface area (Å²) in [7, 11) is 0. The molecule has 106 valence electrons. The highest BCUT2D eigenvalue weighted by Gasteiger charge is 2.22. The fourth-order valence-electron chi connectivity index (χ4n) is 2.65. The Morgan fingerprint density at radius 2 is 1.95 bits per heavy atom. The monoisotopic (exact) mass is 372 g/mol. The van der Waals surface area contributed by atoms with Gasteiger partial charge >= 0.3 is 0 Å². The molecule has 1 saturated heterocycles. The summed E-state index contributed by atoms with van der Waals surface area (Å²) in [5, 5.41) is 3.57. The van der Waals surface area contributed by atoms with Crippen molar-refractivity contribution in [2.75, 3.05) is 24.7 Å². The summed E-state index contributed by atoms with van der Waals surface area (Å²) in [5.41, 5.74) is 1.34. The van der Waals surface area contributed by atoms with Crippen molar-refractivity contribution in [3.05, 3.63) is 27.8 Å². The van der Waals surface area contributed by atoms with Crippen molar-refractivity contribution in [3.63, 3.8) is 0 Å². The molecule has 0 bridgehead atoms. The Bertz CT molecular complexity index is 388. The third-order valence-corrected chi connectivity index (χ3v) is 4.97. The maximum Gasteiger partial charge on any atom is 0.0682 e. The van der Waals surface area contributed by atoms with Gasteiger partial charge in [0.05, 0.1) is 6.67 Å². The van der Waals surface area contributed by atoms with Crippen LogP contribution in [0, 0.1) is 21.3 Å². The van der Waals surface area contributed by atoms with Crippen LogP contribution in [0.1, 0.15) is 27.2 Å². The van der Waals surface area contributed by atoms with Crippen LogP contribution in [0.15, 0.2) is 24.3 Å². The highest BCUT2D eigenvalue weighted by Crippen LogP contribution is 2.24. The van der Waals surface area contributed by atoms with Gasteiger partial charge in [-0.15, -0.1) is 0 Å². The first-order chi connectivity index (χ1) is 9.06. The normalized spacial score (nSPS) is 21.7. The number of nitrogens with zero attached hydrogens (tertiary/aromatic N) is 1. The summed E-state index contributed by atoms with van der Waals surface area (Å²) < 4.78 is 1.30. The molecule has 2 rings (SSSR count). The summed E-state index contributed by atoms with van der Waals surface area (Å²) in [4.78, 5) is 2.47. The zero-order chi connectivity index (χ0) is 13.8. The molecule has 0 saturated carbocycles. The lowest BCUT2D eigenvalue weighted by Gasteiger charge is -2.36. The van der Waals surface area contributed by atoms with E-state index < -0.39 is 0 Å². The topological polar surface area (TPSA) is 15.3 Å². The highest BCUT2D eigenvalue weighted by molar-refractivity contribution is 14.1. The molecule has 2 nitrogen and oxygen atoms in total. The molecular formula is C16H25IN2. The summed E-state index contributed by atoms with van der Waals surface area (Å²) in [6, 6.07) is 8.85. The molecule has 0 spiro atoms. The van der Waals surface area contributed by atoms with Crippen LogP contribution in [0.25, 0.3) is 0 Å². The highest BCUT2D eigenvalue weighted by atomic mass is 127. The van der Waals surface area contributed by atoms with Crippen molar-refractivity contribution in [1.29, 1.82) is 0 Å². The molecule has 1 aliphatic heterocycles. The fraction of sp³-hybridized carbons (Fsp3) is 0.625. The average Bonchev–Trinajstić information content (AvgIpc) is 2.39. The summed E-state index contributed by atoms with van der Waals surface area (Å²) >= 11 is 2.36. The van der Waals surface area contributed by atoms with Gasteiger partial charge in [0.25, 0.3) is 0 Å². The first kappa shape index (κ1) is 15.1. The number of hydrogen-bond donors (Lipinski definition) is 1. The minimum absolute atomic E-state index is 0.769. The van der Waals surface area contributed by atoms with Crippen LogP contribution in [0.5, 0.6) is 0 Å². The molecule has 1 aromatic carbocycles. The van der Waals surface area contributed by atoms with Crippen molar-refractivity contribution < 1.29 is 0 Å². The van der Waals surface area contributed by atoms with Crippen LogP contribution in [0.4, 0.5) is 5.69 Å². The van der Waals surface area contributed by atoms with E-state index in [4.69, 9.17) is 0 Å². The number of benzene rings is 1. The quantitative estimate of drug-likeness (QED) is 0.805. The Balaban J connectivity index is 1.95. The number of hydrogen-bond acceptors (Lipinski definition) is 2. The minimum atomic E-state index is 0.769. The second kappa shape index (κ2) is 6.93. The Hall–Kier alpha value is -0.290. The summed E-state index contributed by atoms with van der Waals surface area (Å²) in [6.07, 6.45) is 1.32. The van der Waals surface area contributed by atoms with Crippen molar-refractivity contribution in [1.82, 2.24) is 5.32 Å². The SMILES string of the molecule is CC(C)C(C)CC1CNCN(c2ccc(I)cc2)C1. The Kier molecular flexibility index (Phi) is 5.51. The number of rotatable bonds is 4. The van der Waals surface area contributed by atoms with Crippen molar-refractivity contribution in [3.8, 4) is 0 Å². The van der Waals surface area contributed by atoms with Crippen LogP contribution in [-0.2, 0) is 0 Å². The molecule has 1 N–H and O–H groups in total. The third-order valence-electron chi connectivity index (χ3n) is 4.25. The van der Waals surface area contributed by atoms with Gasteiger partial charge in [0.1, 0.15) is 0 Å². The molecule has 1 aliphatic rings. The molecule has 0 aromatic heterocycles. The van der Waals surface area contributed by atoms with Gasteiger partial charge in [-0.3, -0.25) is 5.32 Å². The van der Waals surface area contributed by atoms with Gasteiger partial charge in [0.15, 0.2) is 0 Å². The van der Waals surface area contributed by atoms with E-state index >= 15 is 0 Å². The number of halogens is 1. The van der Waals surface area contributed by atoms with E-state index in [0.29, 0.717) is 0 Å². The number of anilines is 1. The first-order valence-corrected chi connectivity index (χ1v) is 8.35. The average molecular weight is 372 g/mol. The minimum Gasteiger partial charge on any atom is -0.358 e. The van der Waals surface area contributed by atoms with Crippen LogP contribution in [-0.4, -0.2) is 19.8 Å². The second-order valence-corrected chi connectivity index (χ2v) is 7.38. The molecule has 1 aromatic rings. The van der Waals surface area contributed by atoms with E-state index in [1.165, 1.54) is 22.2 Å². The number of nitrogens with one attached hydrogen (secondary N) is 1. The molecule has 19 heavy (non-hydrogen) atoms. The lowest BCUT2D eigenvalue weighted by molar-refractivity contribution is 0.292. The van der Waals surface area contributed by atoms with Gasteiger partial charge in [0, 0.05) is 22.3 Å². The molecule has 3 heteroatoms. The van der Waals surface area contributed by atoms with E-state index in [1.807, 2.05) is 0 Å². The molecule has 1 fully saturated rings. The summed E-state index contributed by atoms with van der Waals surface area (Å²) in [5.74, 6) is 2.36. The van der Waals surface area contributed by atoms with Gasteiger partial charge in [-0.2, -0.15) is 0 Å². The summed E-state index contributed by atoms with van der Waals surface area (Å²) in [6.45, 7) is 10.4. The molecular weight excluding hydrogens is 347 g/mol. The predicted molar refractivity (Wildman–Crippen MR) is 91.5 cm³/mol. The zero-order valence-corrected chi connectivity index (χ0v) is 14.4. The maximum atomic E-state index is 3.57. The third kappa shape index (κ3) is 4.35. The molecule has 0 radical (unpaired) electrons. The molecule has 0 aliphatic carbocycles. The largest absolute Gasteiger partial charge is 0.358 e. The molecule has 0 amide bonds. The van der Waals surface area contributed by atoms with E-state index in [9.17, 15) is 0 Å². The lowest BCUT2D eigenvalue weighted by Crippen LogP contribution is -2.47. The van der Waals surface area contributed by atoms with Gasteiger partial charge in [-0.1, -0.05) is 20.8 Å². The van der Waals surface area contributed by atoms with Crippen molar-refractivity contribution >= 4 is 28.3 Å². The Labute approximate surface area is 131 Å². The molecule has 2 unspecified atom stereocenters. The second-order valence-electron chi connectivity index (χ2n) is 6.13. The zero-order valence-electron chi connectivity index (χ0n) is 12.2. The Morgan fingerprint density at radius 1 is 1.26 bits per heavy atom. The van der Waals surface area contributed by atoms with E-state index in [2.05, 4.69) is 77.8 Å². The first-order valence-electron chi connectivity index (χ1n) is 7.27. The van der Waals surface area contributed by atoms with Gasteiger partial charge in [0.2, 0.25) is 0 Å². The van der Waals surface area contributed by atoms with Gasteiger partial charge in [-0.25, -0.2) is 0 Å². The van der Waals surface area contributed by atoms with E-state index in [1.54, 1.807) is 0 Å². The van der Waals surface area contributed by atoms with Crippen molar-refractivity contribution in [2.24, 2.45) is 17.8 Å². The predicted octanol–water partition coefficient (Wildman–Crippen LogP) is 3.96. The van der Waals surface area contributed by atoms with Crippen LogP contribution < -0.4 is 10.2 Å². The van der Waals surface area contributed by atoms with Crippen LogP contribution >= 0.6 is 22.6 Å². The fourth-order valence-corrected chi connectivity index (χ4v) is 3.01. The van der Waals surface area contributed by atoms with E-state index in [0.717, 1.165) is 31.0 Å². The van der Waals surface area contributed by atoms with Crippen LogP contribution in [0.2, 0.25) is 0 Å². The van der Waals surface area contributed by atoms with Crippen LogP contribution in [0.3, 0.4) is 0 Å².